The lowest BCUT2D eigenvalue weighted by atomic mass is 9.92. The summed E-state index contributed by atoms with van der Waals surface area (Å²) in [6.45, 7) is 17.2. The van der Waals surface area contributed by atoms with Gasteiger partial charge in [-0.25, -0.2) is 9.59 Å². The van der Waals surface area contributed by atoms with Crippen LogP contribution in [0.1, 0.15) is 80.1 Å². The first kappa shape index (κ1) is 39.6. The van der Waals surface area contributed by atoms with Gasteiger partial charge in [0.1, 0.15) is 11.2 Å². The van der Waals surface area contributed by atoms with E-state index in [1.807, 2.05) is 41.5 Å². The molecule has 0 saturated carbocycles. The predicted molar refractivity (Wildman–Crippen MR) is 166 cm³/mol. The molecule has 4 aliphatic heterocycles. The number of methoxy groups -OCH3 is 2. The van der Waals surface area contributed by atoms with Gasteiger partial charge in [-0.3, -0.25) is 0 Å². The van der Waals surface area contributed by atoms with Crippen molar-refractivity contribution in [3.8, 4) is 0 Å². The van der Waals surface area contributed by atoms with Crippen molar-refractivity contribution in [2.75, 3.05) is 73.3 Å². The summed E-state index contributed by atoms with van der Waals surface area (Å²) in [5, 5.41) is 23.0. The van der Waals surface area contributed by atoms with Crippen molar-refractivity contribution in [2.45, 2.75) is 108 Å². The summed E-state index contributed by atoms with van der Waals surface area (Å²) < 4.78 is 25.9. The third kappa shape index (κ3) is 14.9. The molecule has 4 rings (SSSR count). The molecule has 4 aliphatic rings. The number of aliphatic hydroxyl groups is 2. The minimum absolute atomic E-state index is 0. The number of carbonyl (C=O) groups is 2. The first-order chi connectivity index (χ1) is 19.4. The average Bonchev–Trinajstić information content (AvgIpc) is 3.62. The molecule has 0 aromatic heterocycles. The maximum absolute atomic E-state index is 11.8. The lowest BCUT2D eigenvalue weighted by Crippen LogP contribution is -2.49. The highest BCUT2D eigenvalue weighted by atomic mass is 35.5. The maximum Gasteiger partial charge on any atom is 0.410 e. The highest BCUT2D eigenvalue weighted by Gasteiger charge is 2.47. The molecule has 0 aromatic rings. The Morgan fingerprint density at radius 3 is 1.40 bits per heavy atom. The zero-order valence-corrected chi connectivity index (χ0v) is 28.5. The van der Waals surface area contributed by atoms with E-state index in [1.54, 1.807) is 24.0 Å². The predicted octanol–water partition coefficient (Wildman–Crippen LogP) is 3.35. The molecule has 4 heterocycles. The van der Waals surface area contributed by atoms with Crippen LogP contribution < -0.4 is 5.32 Å². The fourth-order valence-corrected chi connectivity index (χ4v) is 4.96. The van der Waals surface area contributed by atoms with Crippen LogP contribution in [0.15, 0.2) is 0 Å². The number of hydrogen-bond donors (Lipinski definition) is 3. The summed E-state index contributed by atoms with van der Waals surface area (Å²) in [6, 6.07) is 0. The lowest BCUT2D eigenvalue weighted by Gasteiger charge is -2.38. The molecule has 13 heteroatoms. The maximum atomic E-state index is 11.8. The summed E-state index contributed by atoms with van der Waals surface area (Å²) in [7, 11) is 3.19. The van der Waals surface area contributed by atoms with Gasteiger partial charge in [0.25, 0.3) is 0 Å². The van der Waals surface area contributed by atoms with Crippen molar-refractivity contribution in [1.29, 1.82) is 0 Å². The second kappa shape index (κ2) is 16.8. The van der Waals surface area contributed by atoms with Crippen LogP contribution in [0.25, 0.3) is 0 Å². The van der Waals surface area contributed by atoms with Gasteiger partial charge in [-0.15, -0.1) is 12.4 Å². The number of rotatable bonds is 4. The largest absolute Gasteiger partial charge is 0.444 e. The molecule has 0 aliphatic carbocycles. The second-order valence-electron chi connectivity index (χ2n) is 14.0. The molecule has 4 saturated heterocycles. The minimum Gasteiger partial charge on any atom is -0.444 e. The second-order valence-corrected chi connectivity index (χ2v) is 14.0. The first-order valence-corrected chi connectivity index (χ1v) is 15.2. The Kier molecular flexibility index (Phi) is 15.5. The van der Waals surface area contributed by atoms with E-state index in [0.29, 0.717) is 39.1 Å². The quantitative estimate of drug-likeness (QED) is 0.392. The third-order valence-corrected chi connectivity index (χ3v) is 7.59. The Morgan fingerprint density at radius 1 is 0.721 bits per heavy atom. The Balaban J connectivity index is 0.000000329. The SMILES string of the molecule is CC(C)(C)OC(=O)N1CCC2(CC1)CO2.COCC1(O)CCN(C(=O)OC(C)(C)C)CC1.COCC1(O)CCNCC1.Cl. The number of epoxide rings is 1. The highest BCUT2D eigenvalue weighted by Crippen LogP contribution is 2.38. The third-order valence-electron chi connectivity index (χ3n) is 7.59. The van der Waals surface area contributed by atoms with E-state index in [1.165, 1.54) is 0 Å². The molecule has 0 bridgehead atoms. The van der Waals surface area contributed by atoms with Crippen LogP contribution in [0.5, 0.6) is 0 Å². The van der Waals surface area contributed by atoms with E-state index >= 15 is 0 Å². The fourth-order valence-electron chi connectivity index (χ4n) is 4.96. The molecule has 0 radical (unpaired) electrons. The van der Waals surface area contributed by atoms with Crippen LogP contribution in [0.2, 0.25) is 0 Å². The molecule has 254 valence electrons. The number of nitrogens with one attached hydrogen (secondary N) is 1. The molecule has 4 fully saturated rings. The Morgan fingerprint density at radius 2 is 1.07 bits per heavy atom. The average molecular weight is 640 g/mol. The van der Waals surface area contributed by atoms with Crippen molar-refractivity contribution in [1.82, 2.24) is 15.1 Å². The molecular weight excluding hydrogens is 582 g/mol. The minimum atomic E-state index is -0.798. The number of ether oxygens (including phenoxy) is 5. The summed E-state index contributed by atoms with van der Waals surface area (Å²) in [5.74, 6) is 0. The van der Waals surface area contributed by atoms with Crippen LogP contribution >= 0.6 is 12.4 Å². The van der Waals surface area contributed by atoms with Crippen molar-refractivity contribution in [3.05, 3.63) is 0 Å². The van der Waals surface area contributed by atoms with Gasteiger partial charge in [0, 0.05) is 40.4 Å². The van der Waals surface area contributed by atoms with Crippen LogP contribution in [0.3, 0.4) is 0 Å². The van der Waals surface area contributed by atoms with E-state index in [4.69, 9.17) is 23.7 Å². The molecule has 12 nitrogen and oxygen atoms in total. The van der Waals surface area contributed by atoms with Crippen molar-refractivity contribution in [3.63, 3.8) is 0 Å². The fraction of sp³-hybridized carbons (Fsp3) is 0.933. The number of hydrogen-bond acceptors (Lipinski definition) is 10. The molecule has 3 N–H and O–H groups in total. The topological polar surface area (TPSA) is 143 Å². The molecule has 2 amide bonds. The lowest BCUT2D eigenvalue weighted by molar-refractivity contribution is -0.0723. The normalized spacial score (nSPS) is 22.1. The first-order valence-electron chi connectivity index (χ1n) is 15.2. The van der Waals surface area contributed by atoms with Gasteiger partial charge in [0.15, 0.2) is 0 Å². The molecule has 43 heavy (non-hydrogen) atoms. The van der Waals surface area contributed by atoms with Gasteiger partial charge in [-0.1, -0.05) is 0 Å². The standard InChI is InChI=1S/C12H23NO4.C11H19NO3.C7H15NO2.ClH/c1-11(2,3)17-10(14)13-7-5-12(15,6-8-13)9-16-4;1-10(2,3)15-9(13)12-6-4-11(5-7-12)8-14-11;1-10-6-7(9)2-4-8-5-3-7;/h15H,5-9H2,1-4H3;4-8H2,1-3H3;8-9H,2-6H2,1H3;1H. The van der Waals surface area contributed by atoms with Gasteiger partial charge in [-0.2, -0.15) is 0 Å². The molecule has 1 spiro atoms. The monoisotopic (exact) mass is 639 g/mol. The van der Waals surface area contributed by atoms with Crippen LogP contribution in [-0.2, 0) is 23.7 Å². The molecule has 0 aromatic carbocycles. The highest BCUT2D eigenvalue weighted by molar-refractivity contribution is 5.85. The van der Waals surface area contributed by atoms with Gasteiger partial charge >= 0.3 is 12.2 Å². The van der Waals surface area contributed by atoms with Crippen molar-refractivity contribution in [2.24, 2.45) is 0 Å². The van der Waals surface area contributed by atoms with Crippen LogP contribution in [-0.4, -0.2) is 134 Å². The Hall–Kier alpha value is -1.41. The van der Waals surface area contributed by atoms with E-state index < -0.39 is 22.4 Å². The number of halogens is 1. The van der Waals surface area contributed by atoms with Gasteiger partial charge < -0.3 is 49.0 Å². The summed E-state index contributed by atoms with van der Waals surface area (Å²) in [5.41, 5.74) is -2.11. The number of nitrogens with zero attached hydrogens (tertiary/aromatic N) is 2. The van der Waals surface area contributed by atoms with Gasteiger partial charge in [-0.05, 0) is 93.2 Å². The van der Waals surface area contributed by atoms with Crippen LogP contribution in [0, 0.1) is 0 Å². The molecule has 0 atom stereocenters. The number of amides is 2. The summed E-state index contributed by atoms with van der Waals surface area (Å²) >= 11 is 0. The van der Waals surface area contributed by atoms with E-state index in [0.717, 1.165) is 58.5 Å². The van der Waals surface area contributed by atoms with Gasteiger partial charge in [0.05, 0.1) is 36.6 Å². The number of likely N-dealkylation sites (tertiary alicyclic amines) is 2. The number of piperidine rings is 3. The summed E-state index contributed by atoms with van der Waals surface area (Å²) in [6.07, 6.45) is 4.07. The molecule has 0 unspecified atom stereocenters. The molecular formula is C30H58ClN3O9. The summed E-state index contributed by atoms with van der Waals surface area (Å²) in [4.78, 5) is 26.9. The van der Waals surface area contributed by atoms with E-state index in [-0.39, 0.29) is 30.2 Å². The van der Waals surface area contributed by atoms with Crippen LogP contribution in [0.4, 0.5) is 9.59 Å². The Bertz CT molecular complexity index is 829. The van der Waals surface area contributed by atoms with Crippen molar-refractivity contribution >= 4 is 24.6 Å². The zero-order chi connectivity index (χ0) is 31.7. The van der Waals surface area contributed by atoms with E-state index in [2.05, 4.69) is 5.32 Å². The van der Waals surface area contributed by atoms with Crippen molar-refractivity contribution < 1.29 is 43.5 Å². The van der Waals surface area contributed by atoms with E-state index in [9.17, 15) is 19.8 Å². The Labute approximate surface area is 264 Å². The van der Waals surface area contributed by atoms with Gasteiger partial charge in [0.2, 0.25) is 0 Å². The number of carbonyl (C=O) groups excluding carboxylic acids is 2. The zero-order valence-electron chi connectivity index (χ0n) is 27.7. The smallest absolute Gasteiger partial charge is 0.410 e.